The van der Waals surface area contributed by atoms with Crippen LogP contribution >= 0.6 is 0 Å². The summed E-state index contributed by atoms with van der Waals surface area (Å²) in [7, 11) is 0. The van der Waals surface area contributed by atoms with E-state index in [9.17, 15) is 9.59 Å². The number of rotatable bonds is 6. The number of nitrogens with one attached hydrogen (secondary N) is 1. The van der Waals surface area contributed by atoms with Gasteiger partial charge in [-0.1, -0.05) is 37.3 Å². The molecular weight excluding hydrogens is 318 g/mol. The van der Waals surface area contributed by atoms with Crippen LogP contribution in [0.2, 0.25) is 0 Å². The number of hydrogen-bond acceptors (Lipinski definition) is 5. The van der Waals surface area contributed by atoms with Gasteiger partial charge >= 0.3 is 11.9 Å². The van der Waals surface area contributed by atoms with Crippen LogP contribution < -0.4 is 5.32 Å². The fraction of sp³-hybridized carbons (Fsp3) is 0.400. The van der Waals surface area contributed by atoms with Crippen molar-refractivity contribution < 1.29 is 19.1 Å². The van der Waals surface area contributed by atoms with Crippen LogP contribution in [0.15, 0.2) is 47.2 Å². The lowest BCUT2D eigenvalue weighted by Gasteiger charge is -2.30. The van der Waals surface area contributed by atoms with Crippen molar-refractivity contribution >= 4 is 17.6 Å². The monoisotopic (exact) mass is 343 g/mol. The minimum atomic E-state index is -0.407. The van der Waals surface area contributed by atoms with Crippen molar-refractivity contribution in [3.8, 4) is 0 Å². The molecule has 5 nitrogen and oxygen atoms in total. The molecule has 1 aromatic carbocycles. The van der Waals surface area contributed by atoms with Gasteiger partial charge < -0.3 is 14.8 Å². The molecular formula is C20H25NO4. The summed E-state index contributed by atoms with van der Waals surface area (Å²) < 4.78 is 10.5. The molecule has 5 heteroatoms. The SMILES string of the molecule is CCOC(=O)C1=C(C)NC(c2ccccc2)=C(C(=O)OCC)C1CC. The summed E-state index contributed by atoms with van der Waals surface area (Å²) in [5, 5.41) is 3.23. The number of ether oxygens (including phenoxy) is 2. The molecule has 1 aliphatic heterocycles. The average molecular weight is 343 g/mol. The number of benzene rings is 1. The second-order valence-corrected chi connectivity index (χ2v) is 5.72. The lowest BCUT2D eigenvalue weighted by atomic mass is 9.82. The van der Waals surface area contributed by atoms with E-state index >= 15 is 0 Å². The first-order valence-corrected chi connectivity index (χ1v) is 8.66. The van der Waals surface area contributed by atoms with Crippen molar-refractivity contribution in [2.24, 2.45) is 5.92 Å². The Morgan fingerprint density at radius 1 is 0.960 bits per heavy atom. The number of carbonyl (C=O) groups excluding carboxylic acids is 2. The molecule has 1 heterocycles. The maximum Gasteiger partial charge on any atom is 0.336 e. The number of carbonyl (C=O) groups is 2. The Labute approximate surface area is 148 Å². The highest BCUT2D eigenvalue weighted by Crippen LogP contribution is 2.37. The highest BCUT2D eigenvalue weighted by molar-refractivity contribution is 6.03. The van der Waals surface area contributed by atoms with Crippen molar-refractivity contribution in [3.05, 3.63) is 52.7 Å². The van der Waals surface area contributed by atoms with Crippen LogP contribution in [-0.4, -0.2) is 25.2 Å². The van der Waals surface area contributed by atoms with Crippen LogP contribution in [0, 0.1) is 5.92 Å². The van der Waals surface area contributed by atoms with Crippen LogP contribution in [0.1, 0.15) is 39.7 Å². The molecule has 1 unspecified atom stereocenters. The van der Waals surface area contributed by atoms with E-state index in [0.29, 0.717) is 29.0 Å². The van der Waals surface area contributed by atoms with Gasteiger partial charge in [0.15, 0.2) is 0 Å². The fourth-order valence-corrected chi connectivity index (χ4v) is 3.10. The third-order valence-electron chi connectivity index (χ3n) is 4.14. The lowest BCUT2D eigenvalue weighted by molar-refractivity contribution is -0.140. The van der Waals surface area contributed by atoms with Gasteiger partial charge in [0.25, 0.3) is 0 Å². The van der Waals surface area contributed by atoms with Crippen LogP contribution in [0.3, 0.4) is 0 Å². The van der Waals surface area contributed by atoms with Gasteiger partial charge in [0.2, 0.25) is 0 Å². The Kier molecular flexibility index (Phi) is 6.39. The molecule has 0 fully saturated rings. The number of allylic oxidation sites excluding steroid dienone is 1. The fourth-order valence-electron chi connectivity index (χ4n) is 3.10. The predicted octanol–water partition coefficient (Wildman–Crippen LogP) is 3.43. The van der Waals surface area contributed by atoms with E-state index < -0.39 is 11.9 Å². The summed E-state index contributed by atoms with van der Waals surface area (Å²) in [6.45, 7) is 7.88. The second-order valence-electron chi connectivity index (χ2n) is 5.72. The highest BCUT2D eigenvalue weighted by Gasteiger charge is 2.37. The Morgan fingerprint density at radius 2 is 1.52 bits per heavy atom. The van der Waals surface area contributed by atoms with E-state index in [1.807, 2.05) is 44.2 Å². The Morgan fingerprint density at radius 3 is 2.04 bits per heavy atom. The molecule has 1 N–H and O–H groups in total. The molecule has 0 bridgehead atoms. The van der Waals surface area contributed by atoms with Crippen molar-refractivity contribution in [1.29, 1.82) is 0 Å². The van der Waals surface area contributed by atoms with Gasteiger partial charge in [-0.15, -0.1) is 0 Å². The van der Waals surface area contributed by atoms with Crippen molar-refractivity contribution in [2.45, 2.75) is 34.1 Å². The first kappa shape index (κ1) is 18.8. The van der Waals surface area contributed by atoms with Crippen LogP contribution in [0.25, 0.3) is 5.70 Å². The third-order valence-corrected chi connectivity index (χ3v) is 4.14. The van der Waals surface area contributed by atoms with Gasteiger partial charge in [-0.05, 0) is 32.8 Å². The zero-order chi connectivity index (χ0) is 18.4. The summed E-state index contributed by atoms with van der Waals surface area (Å²) >= 11 is 0. The molecule has 25 heavy (non-hydrogen) atoms. The molecule has 0 saturated carbocycles. The van der Waals surface area contributed by atoms with Crippen LogP contribution in [-0.2, 0) is 19.1 Å². The zero-order valence-electron chi connectivity index (χ0n) is 15.2. The van der Waals surface area contributed by atoms with E-state index in [1.54, 1.807) is 13.8 Å². The maximum absolute atomic E-state index is 12.7. The topological polar surface area (TPSA) is 64.6 Å². The normalized spacial score (nSPS) is 17.2. The van der Waals surface area contributed by atoms with Crippen LogP contribution in [0.4, 0.5) is 0 Å². The number of dihydropyridines is 1. The van der Waals surface area contributed by atoms with Gasteiger partial charge in [-0.2, -0.15) is 0 Å². The molecule has 1 aromatic rings. The predicted molar refractivity (Wildman–Crippen MR) is 96.2 cm³/mol. The standard InChI is InChI=1S/C20H25NO4/c1-5-15-16(19(22)24-6-2)13(4)21-18(14-11-9-8-10-12-14)17(15)20(23)25-7-3/h8-12,15,21H,5-7H2,1-4H3. The average Bonchev–Trinajstić information content (AvgIpc) is 2.61. The summed E-state index contributed by atoms with van der Waals surface area (Å²) in [5.41, 5.74) is 3.25. The molecule has 0 amide bonds. The summed E-state index contributed by atoms with van der Waals surface area (Å²) in [6, 6.07) is 9.59. The number of esters is 2. The summed E-state index contributed by atoms with van der Waals surface area (Å²) in [4.78, 5) is 25.1. The molecule has 0 spiro atoms. The smallest absolute Gasteiger partial charge is 0.336 e. The summed E-state index contributed by atoms with van der Waals surface area (Å²) in [6.07, 6.45) is 0.595. The molecule has 0 radical (unpaired) electrons. The molecule has 134 valence electrons. The quantitative estimate of drug-likeness (QED) is 0.802. The molecule has 2 rings (SSSR count). The molecule has 0 saturated heterocycles. The van der Waals surface area contributed by atoms with E-state index in [4.69, 9.17) is 9.47 Å². The minimum absolute atomic E-state index is 0.276. The van der Waals surface area contributed by atoms with Gasteiger partial charge in [0.1, 0.15) is 0 Å². The molecule has 0 aromatic heterocycles. The van der Waals surface area contributed by atoms with Gasteiger partial charge in [-0.25, -0.2) is 9.59 Å². The van der Waals surface area contributed by atoms with Gasteiger partial charge in [0.05, 0.1) is 30.1 Å². The van der Waals surface area contributed by atoms with E-state index in [2.05, 4.69) is 5.32 Å². The lowest BCUT2D eigenvalue weighted by Crippen LogP contribution is -2.33. The largest absolute Gasteiger partial charge is 0.463 e. The van der Waals surface area contributed by atoms with Crippen molar-refractivity contribution in [2.75, 3.05) is 13.2 Å². The van der Waals surface area contributed by atoms with E-state index in [-0.39, 0.29) is 19.1 Å². The molecule has 1 aliphatic rings. The third kappa shape index (κ3) is 3.92. The highest BCUT2D eigenvalue weighted by atomic mass is 16.5. The van der Waals surface area contributed by atoms with Crippen LogP contribution in [0.5, 0.6) is 0 Å². The van der Waals surface area contributed by atoms with E-state index in [0.717, 1.165) is 5.56 Å². The van der Waals surface area contributed by atoms with Gasteiger partial charge in [0, 0.05) is 11.6 Å². The molecule has 0 aliphatic carbocycles. The maximum atomic E-state index is 12.7. The first-order valence-electron chi connectivity index (χ1n) is 8.66. The Balaban J connectivity index is 2.59. The number of hydrogen-bond donors (Lipinski definition) is 1. The second kappa shape index (κ2) is 8.51. The first-order chi connectivity index (χ1) is 12.0. The Hall–Kier alpha value is -2.56. The zero-order valence-corrected chi connectivity index (χ0v) is 15.2. The minimum Gasteiger partial charge on any atom is -0.463 e. The van der Waals surface area contributed by atoms with Crippen molar-refractivity contribution in [1.82, 2.24) is 5.32 Å². The Bertz CT molecular complexity index is 704. The summed E-state index contributed by atoms with van der Waals surface area (Å²) in [5.74, 6) is -1.17. The molecule has 1 atom stereocenters. The van der Waals surface area contributed by atoms with E-state index in [1.165, 1.54) is 0 Å². The van der Waals surface area contributed by atoms with Gasteiger partial charge in [-0.3, -0.25) is 0 Å². The van der Waals surface area contributed by atoms with Crippen molar-refractivity contribution in [3.63, 3.8) is 0 Å².